The average molecular weight is 421 g/mol. The second-order valence-electron chi connectivity index (χ2n) is 9.36. The van der Waals surface area contributed by atoms with Crippen LogP contribution in [0.1, 0.15) is 41.6 Å². The molecule has 1 atom stereocenters. The number of amides is 1. The predicted octanol–water partition coefficient (Wildman–Crippen LogP) is 3.74. The van der Waals surface area contributed by atoms with Crippen molar-refractivity contribution in [2.75, 3.05) is 26.8 Å². The van der Waals surface area contributed by atoms with Crippen molar-refractivity contribution in [2.45, 2.75) is 31.1 Å². The summed E-state index contributed by atoms with van der Waals surface area (Å²) in [6, 6.07) is 15.0. The Hall–Kier alpha value is -3.02. The molecule has 1 unspecified atom stereocenters. The van der Waals surface area contributed by atoms with Crippen LogP contribution in [0.15, 0.2) is 48.5 Å². The number of likely N-dealkylation sites (tertiary alicyclic amines) is 1. The highest BCUT2D eigenvalue weighted by molar-refractivity contribution is 5.95. The molecule has 162 valence electrons. The maximum absolute atomic E-state index is 12.9. The van der Waals surface area contributed by atoms with Gasteiger partial charge in [0.15, 0.2) is 0 Å². The molecule has 2 aromatic rings. The SMILES string of the molecule is COc1ccc(C(=O)N2CCC(COc3ccc(C45CC(C4)C5)cc3)(C(=O)O)C2)cc1. The molecule has 6 nitrogen and oxygen atoms in total. The summed E-state index contributed by atoms with van der Waals surface area (Å²) in [6.45, 7) is 0.570. The van der Waals surface area contributed by atoms with Gasteiger partial charge >= 0.3 is 5.97 Å². The summed E-state index contributed by atoms with van der Waals surface area (Å²) in [6.07, 6.45) is 4.26. The molecule has 0 aromatic heterocycles. The van der Waals surface area contributed by atoms with E-state index >= 15 is 0 Å². The van der Waals surface area contributed by atoms with Crippen LogP contribution < -0.4 is 9.47 Å². The molecule has 1 heterocycles. The van der Waals surface area contributed by atoms with Gasteiger partial charge in [0, 0.05) is 18.7 Å². The van der Waals surface area contributed by atoms with E-state index in [1.54, 1.807) is 36.3 Å². The summed E-state index contributed by atoms with van der Waals surface area (Å²) in [4.78, 5) is 26.6. The molecule has 6 heteroatoms. The smallest absolute Gasteiger partial charge is 0.315 e. The quantitative estimate of drug-likeness (QED) is 0.737. The molecule has 3 saturated carbocycles. The molecule has 2 aromatic carbocycles. The number of carbonyl (C=O) groups excluding carboxylic acids is 1. The molecular formula is C25H27NO5. The maximum atomic E-state index is 12.9. The zero-order valence-corrected chi connectivity index (χ0v) is 17.7. The summed E-state index contributed by atoms with van der Waals surface area (Å²) >= 11 is 0. The minimum absolute atomic E-state index is 0.0429. The molecule has 4 aliphatic rings. The summed E-state index contributed by atoms with van der Waals surface area (Å²) in [5.41, 5.74) is 1.19. The molecule has 1 N–H and O–H groups in total. The van der Waals surface area contributed by atoms with Gasteiger partial charge in [-0.15, -0.1) is 0 Å². The van der Waals surface area contributed by atoms with Gasteiger partial charge in [0.2, 0.25) is 0 Å². The number of carboxylic acid groups (broad SMARTS) is 1. The minimum Gasteiger partial charge on any atom is -0.497 e. The van der Waals surface area contributed by atoms with Crippen molar-refractivity contribution >= 4 is 11.9 Å². The van der Waals surface area contributed by atoms with E-state index < -0.39 is 11.4 Å². The Kier molecular flexibility index (Phi) is 4.68. The van der Waals surface area contributed by atoms with E-state index in [0.717, 1.165) is 5.92 Å². The highest BCUT2D eigenvalue weighted by atomic mass is 16.5. The highest BCUT2D eigenvalue weighted by Crippen LogP contribution is 2.65. The van der Waals surface area contributed by atoms with E-state index in [9.17, 15) is 14.7 Å². The first-order valence-electron chi connectivity index (χ1n) is 10.8. The third kappa shape index (κ3) is 3.34. The van der Waals surface area contributed by atoms with Crippen LogP contribution in [-0.4, -0.2) is 48.7 Å². The van der Waals surface area contributed by atoms with Crippen molar-refractivity contribution in [3.8, 4) is 11.5 Å². The Morgan fingerprint density at radius 1 is 1.03 bits per heavy atom. The lowest BCUT2D eigenvalue weighted by Gasteiger charge is -2.62. The lowest BCUT2D eigenvalue weighted by atomic mass is 9.42. The number of carbonyl (C=O) groups is 2. The van der Waals surface area contributed by atoms with Crippen molar-refractivity contribution in [2.24, 2.45) is 11.3 Å². The molecule has 31 heavy (non-hydrogen) atoms. The zero-order chi connectivity index (χ0) is 21.6. The predicted molar refractivity (Wildman–Crippen MR) is 115 cm³/mol. The standard InChI is InChI=1S/C25H27NO5/c1-30-20-6-2-18(3-7-20)22(27)26-11-10-24(15-26,23(28)29)16-31-21-8-4-19(5-9-21)25-12-17(13-25)14-25/h2-9,17H,10-16H2,1H3,(H,28,29). The number of nitrogens with zero attached hydrogens (tertiary/aromatic N) is 1. The summed E-state index contributed by atoms with van der Waals surface area (Å²) in [5, 5.41) is 9.94. The lowest BCUT2D eigenvalue weighted by Crippen LogP contribution is -2.55. The Bertz CT molecular complexity index is 983. The van der Waals surface area contributed by atoms with Crippen LogP contribution in [0.2, 0.25) is 0 Å². The van der Waals surface area contributed by atoms with Gasteiger partial charge in [0.05, 0.1) is 7.11 Å². The largest absolute Gasteiger partial charge is 0.497 e. The van der Waals surface area contributed by atoms with Crippen LogP contribution in [-0.2, 0) is 10.2 Å². The van der Waals surface area contributed by atoms with Gasteiger partial charge in [-0.05, 0) is 79.0 Å². The van der Waals surface area contributed by atoms with Crippen molar-refractivity contribution in [3.05, 3.63) is 59.7 Å². The summed E-state index contributed by atoms with van der Waals surface area (Å²) in [5.74, 6) is 1.18. The maximum Gasteiger partial charge on any atom is 0.315 e. The summed E-state index contributed by atoms with van der Waals surface area (Å²) < 4.78 is 11.0. The topological polar surface area (TPSA) is 76.1 Å². The Morgan fingerprint density at radius 3 is 2.23 bits per heavy atom. The van der Waals surface area contributed by atoms with E-state index in [1.807, 2.05) is 12.1 Å². The molecule has 1 amide bonds. The first-order chi connectivity index (χ1) is 14.9. The van der Waals surface area contributed by atoms with Crippen LogP contribution in [0.3, 0.4) is 0 Å². The van der Waals surface area contributed by atoms with Crippen LogP contribution >= 0.6 is 0 Å². The van der Waals surface area contributed by atoms with E-state index in [4.69, 9.17) is 9.47 Å². The Morgan fingerprint density at radius 2 is 1.68 bits per heavy atom. The highest BCUT2D eigenvalue weighted by Gasteiger charge is 2.57. The van der Waals surface area contributed by atoms with Crippen molar-refractivity contribution in [1.82, 2.24) is 4.90 Å². The molecule has 3 aliphatic carbocycles. The van der Waals surface area contributed by atoms with E-state index in [1.165, 1.54) is 24.8 Å². The van der Waals surface area contributed by atoms with Crippen molar-refractivity contribution in [3.63, 3.8) is 0 Å². The van der Waals surface area contributed by atoms with Gasteiger partial charge in [0.1, 0.15) is 23.5 Å². The number of carboxylic acids is 1. The molecule has 6 rings (SSSR count). The van der Waals surface area contributed by atoms with Crippen LogP contribution in [0.5, 0.6) is 11.5 Å². The second-order valence-corrected chi connectivity index (χ2v) is 9.36. The number of ether oxygens (including phenoxy) is 2. The molecular weight excluding hydrogens is 394 g/mol. The van der Waals surface area contributed by atoms with Crippen LogP contribution in [0, 0.1) is 11.3 Å². The molecule has 0 radical (unpaired) electrons. The number of hydrogen-bond donors (Lipinski definition) is 1. The van der Waals surface area contributed by atoms with Crippen LogP contribution in [0.25, 0.3) is 0 Å². The van der Waals surface area contributed by atoms with E-state index in [-0.39, 0.29) is 19.1 Å². The van der Waals surface area contributed by atoms with Crippen LogP contribution in [0.4, 0.5) is 0 Å². The van der Waals surface area contributed by atoms with Gasteiger partial charge in [0.25, 0.3) is 5.91 Å². The Balaban J connectivity index is 1.23. The van der Waals surface area contributed by atoms with E-state index in [0.29, 0.717) is 35.4 Å². The first-order valence-corrected chi connectivity index (χ1v) is 10.8. The van der Waals surface area contributed by atoms with Gasteiger partial charge in [-0.1, -0.05) is 12.1 Å². The van der Waals surface area contributed by atoms with Gasteiger partial charge in [-0.25, -0.2) is 0 Å². The summed E-state index contributed by atoms with van der Waals surface area (Å²) in [7, 11) is 1.57. The monoisotopic (exact) mass is 421 g/mol. The third-order valence-corrected chi connectivity index (χ3v) is 7.45. The molecule has 2 bridgehead atoms. The second kappa shape index (κ2) is 7.29. The lowest BCUT2D eigenvalue weighted by molar-refractivity contribution is -0.149. The number of rotatable bonds is 7. The molecule has 1 aliphatic heterocycles. The fraction of sp³-hybridized carbons (Fsp3) is 0.440. The average Bonchev–Trinajstić information content (AvgIpc) is 3.17. The molecule has 4 fully saturated rings. The first kappa shape index (κ1) is 19.9. The Labute approximate surface area is 181 Å². The van der Waals surface area contributed by atoms with Gasteiger partial charge in [-0.3, -0.25) is 9.59 Å². The van der Waals surface area contributed by atoms with Crippen molar-refractivity contribution in [1.29, 1.82) is 0 Å². The normalized spacial score (nSPS) is 28.4. The zero-order valence-electron chi connectivity index (χ0n) is 17.7. The molecule has 1 saturated heterocycles. The number of hydrogen-bond acceptors (Lipinski definition) is 4. The minimum atomic E-state index is -1.10. The number of benzene rings is 2. The van der Waals surface area contributed by atoms with Gasteiger partial charge in [-0.2, -0.15) is 0 Å². The fourth-order valence-corrected chi connectivity index (χ4v) is 5.27. The van der Waals surface area contributed by atoms with E-state index in [2.05, 4.69) is 12.1 Å². The third-order valence-electron chi connectivity index (χ3n) is 7.45. The number of methoxy groups -OCH3 is 1. The number of aliphatic carboxylic acids is 1. The fourth-order valence-electron chi connectivity index (χ4n) is 5.27. The van der Waals surface area contributed by atoms with Crippen molar-refractivity contribution < 1.29 is 24.2 Å². The van der Waals surface area contributed by atoms with Gasteiger partial charge < -0.3 is 19.5 Å². The molecule has 0 spiro atoms.